The first-order chi connectivity index (χ1) is 20.3. The number of aromatic nitrogens is 3. The molecule has 1 aliphatic rings. The number of rotatable bonds is 9. The van der Waals surface area contributed by atoms with Crippen molar-refractivity contribution >= 4 is 52.0 Å². The van der Waals surface area contributed by atoms with Crippen LogP contribution in [-0.4, -0.2) is 88.7 Å². The average molecular weight is 612 g/mol. The van der Waals surface area contributed by atoms with E-state index >= 15 is 0 Å². The number of carboxylic acids is 1. The molecule has 14 heteroatoms. The number of carboxylic acid groups (broad SMARTS) is 1. The van der Waals surface area contributed by atoms with Gasteiger partial charge in [-0.25, -0.2) is 19.6 Å². The van der Waals surface area contributed by atoms with Crippen LogP contribution in [0.15, 0.2) is 34.6 Å². The fourth-order valence-corrected chi connectivity index (χ4v) is 5.40. The normalized spacial score (nSPS) is 15.7. The van der Waals surface area contributed by atoms with Crippen molar-refractivity contribution in [3.63, 3.8) is 0 Å². The van der Waals surface area contributed by atoms with Gasteiger partial charge in [-0.1, -0.05) is 20.8 Å². The molecular weight excluding hydrogens is 574 g/mol. The summed E-state index contributed by atoms with van der Waals surface area (Å²) in [6, 6.07) is 2.99. The number of fused-ring (bicyclic) bond motifs is 1. The molecule has 43 heavy (non-hydrogen) atoms. The van der Waals surface area contributed by atoms with Gasteiger partial charge in [0.2, 0.25) is 0 Å². The summed E-state index contributed by atoms with van der Waals surface area (Å²) in [5.41, 5.74) is 0.758. The maximum absolute atomic E-state index is 13.5. The van der Waals surface area contributed by atoms with Crippen LogP contribution in [0, 0.1) is 0 Å². The fraction of sp³-hybridized carbons (Fsp3) is 0.448. The second-order valence-corrected chi connectivity index (χ2v) is 12.4. The second-order valence-electron chi connectivity index (χ2n) is 11.6. The number of hydrogen-bond donors (Lipinski definition) is 3. The number of hydrogen-bond acceptors (Lipinski definition) is 10. The highest BCUT2D eigenvalue weighted by molar-refractivity contribution is 7.14. The number of nitrogens with one attached hydrogen (secondary N) is 2. The summed E-state index contributed by atoms with van der Waals surface area (Å²) >= 11 is 1.33. The smallest absolute Gasteiger partial charge is 0.407 e. The standard InChI is InChI=1S/C29H37N7O6S/c1-29(2,3)21-17-43-27(31-21)33-25(39)18-10-13-36-22(15-18)32-24(20(26(36)40)8-9-23(37)38)35-12-6-7-19(16-35)42-28(41)30-11-14-34(4)5/h8-10,13,15,17,19H,6-7,11-12,14,16H2,1-5H3,(H,30,41)(H,37,38)(H,31,33,39)/t19-/m1/s1. The van der Waals surface area contributed by atoms with E-state index in [4.69, 9.17) is 9.72 Å². The third-order valence-electron chi connectivity index (χ3n) is 6.77. The van der Waals surface area contributed by atoms with E-state index in [0.717, 1.165) is 11.8 Å². The summed E-state index contributed by atoms with van der Waals surface area (Å²) in [5, 5.41) is 17.1. The van der Waals surface area contributed by atoms with Crippen LogP contribution in [0.3, 0.4) is 0 Å². The number of likely N-dealkylation sites (N-methyl/N-ethyl adjacent to an activating group) is 1. The number of aliphatic carboxylic acids is 1. The molecule has 2 amide bonds. The largest absolute Gasteiger partial charge is 0.478 e. The summed E-state index contributed by atoms with van der Waals surface area (Å²) in [6.45, 7) is 7.99. The Morgan fingerprint density at radius 3 is 2.70 bits per heavy atom. The van der Waals surface area contributed by atoms with Crippen LogP contribution in [0.25, 0.3) is 11.7 Å². The lowest BCUT2D eigenvalue weighted by Gasteiger charge is -2.34. The minimum absolute atomic E-state index is 0.0747. The number of ether oxygens (including phenoxy) is 1. The van der Waals surface area contributed by atoms with Crippen LogP contribution >= 0.6 is 11.3 Å². The SMILES string of the molecule is CN(C)CCNC(=O)O[C@@H]1CCCN(c2nc3cc(C(=O)Nc4nc(C(C)(C)C)cs4)ccn3c(=O)c2C=CC(=O)O)C1. The molecule has 3 aromatic rings. The van der Waals surface area contributed by atoms with Crippen molar-refractivity contribution in [3.8, 4) is 0 Å². The van der Waals surface area contributed by atoms with Gasteiger partial charge in [-0.05, 0) is 45.1 Å². The summed E-state index contributed by atoms with van der Waals surface area (Å²) < 4.78 is 6.88. The van der Waals surface area contributed by atoms with Crippen molar-refractivity contribution in [2.75, 3.05) is 50.5 Å². The molecule has 0 radical (unpaired) electrons. The highest BCUT2D eigenvalue weighted by atomic mass is 32.1. The number of amides is 2. The molecule has 0 bridgehead atoms. The van der Waals surface area contributed by atoms with E-state index in [-0.39, 0.29) is 34.6 Å². The molecule has 1 fully saturated rings. The summed E-state index contributed by atoms with van der Waals surface area (Å²) in [5.74, 6) is -1.38. The zero-order valence-corrected chi connectivity index (χ0v) is 25.7. The van der Waals surface area contributed by atoms with Crippen molar-refractivity contribution in [1.82, 2.24) is 24.6 Å². The Kier molecular flexibility index (Phi) is 9.81. The minimum Gasteiger partial charge on any atom is -0.478 e. The third kappa shape index (κ3) is 8.17. The Hall–Kier alpha value is -4.30. The second kappa shape index (κ2) is 13.3. The van der Waals surface area contributed by atoms with E-state index in [1.165, 1.54) is 40.1 Å². The Morgan fingerprint density at radius 2 is 2.02 bits per heavy atom. The Bertz CT molecular complexity index is 1590. The summed E-state index contributed by atoms with van der Waals surface area (Å²) in [7, 11) is 3.81. The Balaban J connectivity index is 1.62. The van der Waals surface area contributed by atoms with Crippen molar-refractivity contribution < 1.29 is 24.2 Å². The first-order valence-corrected chi connectivity index (χ1v) is 14.8. The van der Waals surface area contributed by atoms with Crippen molar-refractivity contribution in [2.45, 2.75) is 45.1 Å². The van der Waals surface area contributed by atoms with Gasteiger partial charge in [-0.15, -0.1) is 11.3 Å². The first kappa shape index (κ1) is 31.6. The number of anilines is 2. The highest BCUT2D eigenvalue weighted by Crippen LogP contribution is 2.27. The quantitative estimate of drug-likeness (QED) is 0.307. The van der Waals surface area contributed by atoms with E-state index in [1.54, 1.807) is 4.90 Å². The predicted molar refractivity (Wildman–Crippen MR) is 165 cm³/mol. The Labute approximate surface area is 253 Å². The molecule has 230 valence electrons. The van der Waals surface area contributed by atoms with E-state index in [0.29, 0.717) is 37.6 Å². The number of carbonyl (C=O) groups excluding carboxylic acids is 2. The van der Waals surface area contributed by atoms with Gasteiger partial charge >= 0.3 is 12.1 Å². The van der Waals surface area contributed by atoms with Crippen LogP contribution in [0.2, 0.25) is 0 Å². The molecule has 0 saturated carbocycles. The topological polar surface area (TPSA) is 158 Å². The van der Waals surface area contributed by atoms with Gasteiger partial charge in [0.15, 0.2) is 5.13 Å². The maximum atomic E-state index is 13.5. The van der Waals surface area contributed by atoms with Gasteiger partial charge in [-0.2, -0.15) is 0 Å². The van der Waals surface area contributed by atoms with Gasteiger partial charge in [0.1, 0.15) is 17.6 Å². The number of thiazole rings is 1. The molecule has 3 N–H and O–H groups in total. The third-order valence-corrected chi connectivity index (χ3v) is 7.53. The molecule has 4 rings (SSSR count). The number of carbonyl (C=O) groups is 3. The first-order valence-electron chi connectivity index (χ1n) is 13.9. The molecular formula is C29H37N7O6S. The minimum atomic E-state index is -1.21. The van der Waals surface area contributed by atoms with E-state index in [9.17, 15) is 24.3 Å². The average Bonchev–Trinajstić information content (AvgIpc) is 3.41. The van der Waals surface area contributed by atoms with Crippen LogP contribution in [0.4, 0.5) is 15.7 Å². The van der Waals surface area contributed by atoms with Gasteiger partial charge in [-0.3, -0.25) is 19.3 Å². The molecule has 4 heterocycles. The summed E-state index contributed by atoms with van der Waals surface area (Å²) in [4.78, 5) is 63.2. The maximum Gasteiger partial charge on any atom is 0.407 e. The molecule has 1 saturated heterocycles. The number of pyridine rings is 1. The predicted octanol–water partition coefficient (Wildman–Crippen LogP) is 3.06. The monoisotopic (exact) mass is 611 g/mol. The molecule has 0 unspecified atom stereocenters. The number of nitrogens with zero attached hydrogens (tertiary/aromatic N) is 5. The van der Waals surface area contributed by atoms with Gasteiger partial charge in [0, 0.05) is 48.3 Å². The Morgan fingerprint density at radius 1 is 1.26 bits per heavy atom. The molecule has 1 atom stereocenters. The van der Waals surface area contributed by atoms with Crippen LogP contribution < -0.4 is 21.1 Å². The highest BCUT2D eigenvalue weighted by Gasteiger charge is 2.27. The van der Waals surface area contributed by atoms with Gasteiger partial charge in [0.25, 0.3) is 11.5 Å². The van der Waals surface area contributed by atoms with Crippen molar-refractivity contribution in [2.24, 2.45) is 0 Å². The lowest BCUT2D eigenvalue weighted by molar-refractivity contribution is -0.131. The number of piperidine rings is 1. The summed E-state index contributed by atoms with van der Waals surface area (Å²) in [6.07, 6.45) is 3.83. The van der Waals surface area contributed by atoms with E-state index in [1.807, 2.05) is 45.1 Å². The van der Waals surface area contributed by atoms with Crippen LogP contribution in [-0.2, 0) is 14.9 Å². The lowest BCUT2D eigenvalue weighted by atomic mass is 9.93. The van der Waals surface area contributed by atoms with Crippen molar-refractivity contribution in [3.05, 3.63) is 57.0 Å². The van der Waals surface area contributed by atoms with Crippen molar-refractivity contribution in [1.29, 1.82) is 0 Å². The fourth-order valence-electron chi connectivity index (χ4n) is 4.47. The van der Waals surface area contributed by atoms with Crippen LogP contribution in [0.5, 0.6) is 0 Å². The van der Waals surface area contributed by atoms with E-state index < -0.39 is 29.6 Å². The van der Waals surface area contributed by atoms with E-state index in [2.05, 4.69) is 15.6 Å². The zero-order valence-electron chi connectivity index (χ0n) is 24.9. The molecule has 0 aliphatic carbocycles. The molecule has 1 aliphatic heterocycles. The van der Waals surface area contributed by atoms with Gasteiger partial charge < -0.3 is 25.0 Å². The number of alkyl carbamates (subject to hydrolysis) is 1. The van der Waals surface area contributed by atoms with Gasteiger partial charge in [0.05, 0.1) is 17.8 Å². The zero-order chi connectivity index (χ0) is 31.3. The molecule has 13 nitrogen and oxygen atoms in total. The lowest BCUT2D eigenvalue weighted by Crippen LogP contribution is -2.44. The molecule has 3 aromatic heterocycles. The molecule has 0 aromatic carbocycles. The van der Waals surface area contributed by atoms with Crippen LogP contribution in [0.1, 0.15) is 55.2 Å². The molecule has 0 spiro atoms.